The van der Waals surface area contributed by atoms with E-state index in [-0.39, 0.29) is 18.0 Å². The zero-order valence-corrected chi connectivity index (χ0v) is 10.3. The summed E-state index contributed by atoms with van der Waals surface area (Å²) in [5, 5.41) is 2.60. The van der Waals surface area contributed by atoms with Crippen molar-refractivity contribution < 1.29 is 19.3 Å². The number of H-pyrrole nitrogens is 2. The van der Waals surface area contributed by atoms with Crippen molar-refractivity contribution in [2.75, 3.05) is 11.9 Å². The molecule has 2 rings (SSSR count). The number of aromatic amines is 2. The number of nitrogens with zero attached hydrogens (tertiary/aromatic N) is 1. The Bertz CT molecular complexity index is 580. The third kappa shape index (κ3) is 2.95. The molecule has 0 aliphatic rings. The second-order valence-corrected chi connectivity index (χ2v) is 3.58. The zero-order chi connectivity index (χ0) is 13.7. The highest BCUT2D eigenvalue weighted by atomic mass is 16.5. The summed E-state index contributed by atoms with van der Waals surface area (Å²) in [6.07, 6.45) is 2.95. The number of rotatable bonds is 4. The molecule has 0 aliphatic carbocycles. The van der Waals surface area contributed by atoms with Crippen molar-refractivity contribution in [1.82, 2.24) is 9.97 Å². The fourth-order valence-electron chi connectivity index (χ4n) is 1.48. The van der Waals surface area contributed by atoms with Gasteiger partial charge in [-0.1, -0.05) is 6.07 Å². The lowest BCUT2D eigenvalue weighted by Gasteiger charge is -2.00. The van der Waals surface area contributed by atoms with E-state index >= 15 is 0 Å². The summed E-state index contributed by atoms with van der Waals surface area (Å²) < 4.78 is 4.83. The Morgan fingerprint density at radius 2 is 2.32 bits per heavy atom. The number of nitrogens with one attached hydrogen (secondary N) is 3. The largest absolute Gasteiger partial charge is 0.461 e. The minimum Gasteiger partial charge on any atom is -0.461 e. The average molecular weight is 261 g/mol. The maximum Gasteiger partial charge on any atom is 0.360 e. The van der Waals surface area contributed by atoms with Crippen molar-refractivity contribution in [3.05, 3.63) is 42.1 Å². The van der Waals surface area contributed by atoms with E-state index in [1.807, 2.05) is 0 Å². The van der Waals surface area contributed by atoms with Crippen LogP contribution in [0.1, 0.15) is 27.9 Å². The van der Waals surface area contributed by atoms with Gasteiger partial charge >= 0.3 is 11.9 Å². The van der Waals surface area contributed by atoms with Crippen molar-refractivity contribution >= 4 is 17.7 Å². The summed E-state index contributed by atoms with van der Waals surface area (Å²) in [5.74, 6) is -0.598. The molecule has 0 fully saturated rings. The van der Waals surface area contributed by atoms with Crippen molar-refractivity contribution in [1.29, 1.82) is 0 Å². The highest BCUT2D eigenvalue weighted by Crippen LogP contribution is 2.07. The Kier molecular flexibility index (Phi) is 3.87. The molecular weight excluding hydrogens is 248 g/mol. The standard InChI is InChI=1S/C12H12N4O3/c1-2-19-12(18)10-9(14-7-15-10)11(17)16-8-5-3-4-6-13-8/h3-7H,2H2,1H3,(H,14,15)(H,13,16,17)/p+1. The Morgan fingerprint density at radius 3 is 3.00 bits per heavy atom. The second-order valence-electron chi connectivity index (χ2n) is 3.58. The zero-order valence-electron chi connectivity index (χ0n) is 10.3. The van der Waals surface area contributed by atoms with Gasteiger partial charge in [0.15, 0.2) is 11.4 Å². The van der Waals surface area contributed by atoms with E-state index in [1.165, 1.54) is 6.33 Å². The van der Waals surface area contributed by atoms with E-state index in [9.17, 15) is 9.59 Å². The summed E-state index contributed by atoms with van der Waals surface area (Å²) in [6, 6.07) is 5.24. The molecule has 19 heavy (non-hydrogen) atoms. The lowest BCUT2D eigenvalue weighted by Crippen LogP contribution is -2.21. The van der Waals surface area contributed by atoms with E-state index in [2.05, 4.69) is 20.3 Å². The third-order valence-electron chi connectivity index (χ3n) is 2.29. The minimum absolute atomic E-state index is 0.00398. The van der Waals surface area contributed by atoms with Crippen LogP contribution in [0.4, 0.5) is 5.82 Å². The van der Waals surface area contributed by atoms with Gasteiger partial charge in [-0.05, 0) is 13.0 Å². The van der Waals surface area contributed by atoms with Crippen LogP contribution < -0.4 is 10.3 Å². The number of anilines is 1. The van der Waals surface area contributed by atoms with E-state index in [0.717, 1.165) is 0 Å². The Labute approximate surface area is 109 Å². The molecule has 2 aromatic rings. The number of imidazole rings is 1. The molecule has 1 amide bonds. The van der Waals surface area contributed by atoms with Crippen LogP contribution >= 0.6 is 0 Å². The molecule has 2 aromatic heterocycles. The smallest absolute Gasteiger partial charge is 0.360 e. The molecule has 0 saturated heterocycles. The van der Waals surface area contributed by atoms with Gasteiger partial charge < -0.3 is 9.72 Å². The van der Waals surface area contributed by atoms with Crippen molar-refractivity contribution in [3.8, 4) is 0 Å². The van der Waals surface area contributed by atoms with Crippen LogP contribution in [0.3, 0.4) is 0 Å². The van der Waals surface area contributed by atoms with Crippen LogP contribution in [-0.4, -0.2) is 28.5 Å². The number of carbonyl (C=O) groups is 2. The number of pyridine rings is 1. The molecule has 0 spiro atoms. The molecule has 0 aliphatic heterocycles. The number of aromatic nitrogens is 3. The Balaban J connectivity index is 2.16. The first-order valence-electron chi connectivity index (χ1n) is 5.71. The first-order chi connectivity index (χ1) is 9.22. The molecule has 0 saturated carbocycles. The molecule has 0 unspecified atom stereocenters. The summed E-state index contributed by atoms with van der Waals surface area (Å²) in [5.41, 5.74) is 0.0333. The topological polar surface area (TPSA) is 98.2 Å². The van der Waals surface area contributed by atoms with Gasteiger partial charge in [0.05, 0.1) is 19.1 Å². The number of hydrogen-bond donors (Lipinski definition) is 2. The van der Waals surface area contributed by atoms with Crippen LogP contribution in [0, 0.1) is 0 Å². The molecule has 0 aromatic carbocycles. The van der Waals surface area contributed by atoms with Gasteiger partial charge in [0.2, 0.25) is 0 Å². The summed E-state index contributed by atoms with van der Waals surface area (Å²) in [7, 11) is 0. The van der Waals surface area contributed by atoms with E-state index in [4.69, 9.17) is 4.74 Å². The van der Waals surface area contributed by atoms with Gasteiger partial charge in [0.25, 0.3) is 5.82 Å². The summed E-state index contributed by atoms with van der Waals surface area (Å²) >= 11 is 0. The van der Waals surface area contributed by atoms with Gasteiger partial charge in [0, 0.05) is 6.07 Å². The van der Waals surface area contributed by atoms with Crippen molar-refractivity contribution in [2.45, 2.75) is 6.92 Å². The quantitative estimate of drug-likeness (QED) is 0.789. The normalized spacial score (nSPS) is 9.95. The number of esters is 1. The predicted molar refractivity (Wildman–Crippen MR) is 65.5 cm³/mol. The SMILES string of the molecule is CCOC(=O)c1[nH]cnc1C(=O)Nc1cccc[nH+]1. The highest BCUT2D eigenvalue weighted by molar-refractivity contribution is 6.08. The summed E-state index contributed by atoms with van der Waals surface area (Å²) in [6.45, 7) is 1.91. The van der Waals surface area contributed by atoms with E-state index in [0.29, 0.717) is 5.82 Å². The number of ether oxygens (including phenoxy) is 1. The second kappa shape index (κ2) is 5.76. The van der Waals surface area contributed by atoms with Gasteiger partial charge in [0.1, 0.15) is 0 Å². The van der Waals surface area contributed by atoms with E-state index < -0.39 is 11.9 Å². The molecule has 7 heteroatoms. The minimum atomic E-state index is -0.609. The molecular formula is C12H13N4O3+. The van der Waals surface area contributed by atoms with Gasteiger partial charge in [-0.3, -0.25) is 0 Å². The maximum absolute atomic E-state index is 12.0. The Hall–Kier alpha value is -2.70. The van der Waals surface area contributed by atoms with Crippen LogP contribution in [0.5, 0.6) is 0 Å². The molecule has 0 bridgehead atoms. The lowest BCUT2D eigenvalue weighted by atomic mass is 10.3. The van der Waals surface area contributed by atoms with Crippen molar-refractivity contribution in [2.24, 2.45) is 0 Å². The molecule has 3 N–H and O–H groups in total. The monoisotopic (exact) mass is 261 g/mol. The summed E-state index contributed by atoms with van der Waals surface area (Å²) in [4.78, 5) is 32.9. The van der Waals surface area contributed by atoms with Crippen LogP contribution in [0.25, 0.3) is 0 Å². The van der Waals surface area contributed by atoms with Crippen LogP contribution in [0.2, 0.25) is 0 Å². The van der Waals surface area contributed by atoms with E-state index in [1.54, 1.807) is 31.3 Å². The maximum atomic E-state index is 12.0. The molecule has 2 heterocycles. The lowest BCUT2D eigenvalue weighted by molar-refractivity contribution is -0.360. The predicted octanol–water partition coefficient (Wildman–Crippen LogP) is 0.653. The van der Waals surface area contributed by atoms with Crippen LogP contribution in [-0.2, 0) is 4.74 Å². The Morgan fingerprint density at radius 1 is 1.47 bits per heavy atom. The average Bonchev–Trinajstić information content (AvgIpc) is 2.89. The fourth-order valence-corrected chi connectivity index (χ4v) is 1.48. The molecule has 98 valence electrons. The van der Waals surface area contributed by atoms with Gasteiger partial charge in [-0.25, -0.2) is 24.9 Å². The first kappa shape index (κ1) is 12.7. The molecule has 7 nitrogen and oxygen atoms in total. The van der Waals surface area contributed by atoms with Crippen LogP contribution in [0.15, 0.2) is 30.7 Å². The van der Waals surface area contributed by atoms with Gasteiger partial charge in [-0.2, -0.15) is 0 Å². The molecule has 0 radical (unpaired) electrons. The number of hydrogen-bond acceptors (Lipinski definition) is 4. The number of carbonyl (C=O) groups excluding carboxylic acids is 2. The van der Waals surface area contributed by atoms with Gasteiger partial charge in [-0.15, -0.1) is 0 Å². The van der Waals surface area contributed by atoms with Crippen molar-refractivity contribution in [3.63, 3.8) is 0 Å². The molecule has 0 atom stereocenters. The highest BCUT2D eigenvalue weighted by Gasteiger charge is 2.24. The third-order valence-corrected chi connectivity index (χ3v) is 2.29. The number of amides is 1. The first-order valence-corrected chi connectivity index (χ1v) is 5.71. The fraction of sp³-hybridized carbons (Fsp3) is 0.167.